The smallest absolute Gasteiger partial charge is 0.132 e. The van der Waals surface area contributed by atoms with E-state index in [4.69, 9.17) is 0 Å². The quantitative estimate of drug-likeness (QED) is 0.847. The summed E-state index contributed by atoms with van der Waals surface area (Å²) in [5.74, 6) is 1.14. The van der Waals surface area contributed by atoms with E-state index in [1.165, 1.54) is 24.8 Å². The molecular weight excluding hydrogens is 210 g/mol. The third kappa shape index (κ3) is 2.97. The monoisotopic (exact) mass is 233 g/mol. The van der Waals surface area contributed by atoms with Gasteiger partial charge in [-0.25, -0.2) is 4.98 Å². The Bertz CT molecular complexity index is 358. The Morgan fingerprint density at radius 2 is 2.24 bits per heavy atom. The van der Waals surface area contributed by atoms with Crippen molar-refractivity contribution in [2.75, 3.05) is 11.9 Å². The van der Waals surface area contributed by atoms with Crippen molar-refractivity contribution in [3.05, 3.63) is 23.9 Å². The molecule has 17 heavy (non-hydrogen) atoms. The first-order valence-corrected chi connectivity index (χ1v) is 6.58. The van der Waals surface area contributed by atoms with Gasteiger partial charge in [0.15, 0.2) is 0 Å². The zero-order valence-electron chi connectivity index (χ0n) is 11.1. The second kappa shape index (κ2) is 5.50. The van der Waals surface area contributed by atoms with Gasteiger partial charge in [0.25, 0.3) is 0 Å². The summed E-state index contributed by atoms with van der Waals surface area (Å²) in [5.41, 5.74) is 1.30. The average molecular weight is 233 g/mol. The number of nitrogens with zero attached hydrogens (tertiary/aromatic N) is 2. The zero-order chi connectivity index (χ0) is 12.3. The molecule has 0 unspecified atom stereocenters. The Hall–Kier alpha value is -1.09. The molecule has 3 nitrogen and oxygen atoms in total. The van der Waals surface area contributed by atoms with Crippen molar-refractivity contribution >= 4 is 5.82 Å². The van der Waals surface area contributed by atoms with Crippen LogP contribution in [-0.4, -0.2) is 24.1 Å². The van der Waals surface area contributed by atoms with Crippen LogP contribution in [0.2, 0.25) is 0 Å². The van der Waals surface area contributed by atoms with Crippen LogP contribution in [-0.2, 0) is 6.54 Å². The molecule has 0 atom stereocenters. The minimum absolute atomic E-state index is 0.511. The lowest BCUT2D eigenvalue weighted by atomic mass is 9.91. The molecule has 1 fully saturated rings. The Kier molecular flexibility index (Phi) is 4.00. The van der Waals surface area contributed by atoms with Crippen molar-refractivity contribution < 1.29 is 0 Å². The molecule has 1 aromatic heterocycles. The molecule has 0 bridgehead atoms. The highest BCUT2D eigenvalue weighted by Crippen LogP contribution is 2.28. The van der Waals surface area contributed by atoms with Gasteiger partial charge in [-0.05, 0) is 25.3 Å². The van der Waals surface area contributed by atoms with E-state index in [9.17, 15) is 0 Å². The first kappa shape index (κ1) is 12.4. The summed E-state index contributed by atoms with van der Waals surface area (Å²) in [4.78, 5) is 6.89. The predicted octanol–water partition coefficient (Wildman–Crippen LogP) is 2.57. The molecular formula is C14H23N3. The van der Waals surface area contributed by atoms with E-state index in [0.717, 1.165) is 12.4 Å². The van der Waals surface area contributed by atoms with Crippen LogP contribution in [0.25, 0.3) is 0 Å². The van der Waals surface area contributed by atoms with E-state index in [1.54, 1.807) is 0 Å². The summed E-state index contributed by atoms with van der Waals surface area (Å²) in [6, 6.07) is 5.40. The van der Waals surface area contributed by atoms with E-state index in [1.807, 2.05) is 12.3 Å². The highest BCUT2D eigenvalue weighted by Gasteiger charge is 2.24. The molecule has 1 aromatic rings. The van der Waals surface area contributed by atoms with E-state index in [0.29, 0.717) is 12.1 Å². The molecule has 1 saturated carbocycles. The highest BCUT2D eigenvalue weighted by molar-refractivity contribution is 5.47. The van der Waals surface area contributed by atoms with Crippen LogP contribution >= 0.6 is 0 Å². The van der Waals surface area contributed by atoms with Crippen molar-refractivity contribution in [1.29, 1.82) is 0 Å². The lowest BCUT2D eigenvalue weighted by molar-refractivity contribution is 0.398. The van der Waals surface area contributed by atoms with Crippen LogP contribution in [0.3, 0.4) is 0 Å². The van der Waals surface area contributed by atoms with E-state index in [-0.39, 0.29) is 0 Å². The molecule has 1 N–H and O–H groups in total. The van der Waals surface area contributed by atoms with Crippen LogP contribution in [0.1, 0.15) is 38.7 Å². The normalized spacial score (nSPS) is 16.0. The van der Waals surface area contributed by atoms with Crippen LogP contribution in [0.4, 0.5) is 5.82 Å². The van der Waals surface area contributed by atoms with Gasteiger partial charge in [0.05, 0.1) is 0 Å². The van der Waals surface area contributed by atoms with Gasteiger partial charge in [-0.1, -0.05) is 19.9 Å². The maximum absolute atomic E-state index is 4.55. The second-order valence-electron chi connectivity index (χ2n) is 5.22. The number of aromatic nitrogens is 1. The molecule has 0 saturated heterocycles. The van der Waals surface area contributed by atoms with Crippen molar-refractivity contribution in [3.8, 4) is 0 Å². The summed E-state index contributed by atoms with van der Waals surface area (Å²) in [7, 11) is 2.17. The first-order valence-electron chi connectivity index (χ1n) is 6.58. The molecule has 0 radical (unpaired) electrons. The maximum Gasteiger partial charge on any atom is 0.132 e. The molecule has 0 amide bonds. The van der Waals surface area contributed by atoms with Crippen LogP contribution in [0.5, 0.6) is 0 Å². The van der Waals surface area contributed by atoms with Gasteiger partial charge in [0, 0.05) is 37.4 Å². The van der Waals surface area contributed by atoms with Gasteiger partial charge in [0.2, 0.25) is 0 Å². The second-order valence-corrected chi connectivity index (χ2v) is 5.22. The molecule has 1 heterocycles. The number of anilines is 1. The number of hydrogen-bond donors (Lipinski definition) is 1. The van der Waals surface area contributed by atoms with Gasteiger partial charge in [0.1, 0.15) is 5.82 Å². The van der Waals surface area contributed by atoms with Gasteiger partial charge in [-0.3, -0.25) is 0 Å². The molecule has 1 aliphatic carbocycles. The average Bonchev–Trinajstić information content (AvgIpc) is 2.24. The summed E-state index contributed by atoms with van der Waals surface area (Å²) in [6.07, 6.45) is 5.87. The molecule has 94 valence electrons. The Balaban J connectivity index is 2.08. The minimum Gasteiger partial charge on any atom is -0.356 e. The van der Waals surface area contributed by atoms with Crippen molar-refractivity contribution in [2.24, 2.45) is 0 Å². The number of nitrogens with one attached hydrogen (secondary N) is 1. The standard InChI is InChI=1S/C14H23N3/c1-11(2)16-10-12-6-5-9-15-14(12)17(3)13-7-4-8-13/h5-6,9,11,13,16H,4,7-8,10H2,1-3H3. The Labute approximate surface area is 104 Å². The third-order valence-electron chi connectivity index (χ3n) is 3.52. The van der Waals surface area contributed by atoms with Crippen molar-refractivity contribution in [3.63, 3.8) is 0 Å². The zero-order valence-corrected chi connectivity index (χ0v) is 11.1. The van der Waals surface area contributed by atoms with E-state index >= 15 is 0 Å². The van der Waals surface area contributed by atoms with Crippen LogP contribution < -0.4 is 10.2 Å². The van der Waals surface area contributed by atoms with Gasteiger partial charge >= 0.3 is 0 Å². The Morgan fingerprint density at radius 3 is 2.82 bits per heavy atom. The first-order chi connectivity index (χ1) is 8.18. The van der Waals surface area contributed by atoms with Gasteiger partial charge in [-0.2, -0.15) is 0 Å². The fourth-order valence-corrected chi connectivity index (χ4v) is 2.15. The summed E-state index contributed by atoms with van der Waals surface area (Å²) in [5, 5.41) is 3.47. The lowest BCUT2D eigenvalue weighted by Crippen LogP contribution is -2.38. The van der Waals surface area contributed by atoms with Gasteiger partial charge < -0.3 is 10.2 Å². The maximum atomic E-state index is 4.55. The third-order valence-corrected chi connectivity index (χ3v) is 3.52. The largest absolute Gasteiger partial charge is 0.356 e. The van der Waals surface area contributed by atoms with E-state index in [2.05, 4.69) is 42.2 Å². The number of pyridine rings is 1. The Morgan fingerprint density at radius 1 is 1.47 bits per heavy atom. The van der Waals surface area contributed by atoms with Crippen molar-refractivity contribution in [2.45, 2.75) is 51.7 Å². The fraction of sp³-hybridized carbons (Fsp3) is 0.643. The molecule has 3 heteroatoms. The number of rotatable bonds is 5. The molecule has 0 aromatic carbocycles. The predicted molar refractivity (Wildman–Crippen MR) is 72.3 cm³/mol. The van der Waals surface area contributed by atoms with Crippen molar-refractivity contribution in [1.82, 2.24) is 10.3 Å². The van der Waals surface area contributed by atoms with Crippen LogP contribution in [0, 0.1) is 0 Å². The summed E-state index contributed by atoms with van der Waals surface area (Å²) in [6.45, 7) is 5.25. The molecule has 2 rings (SSSR count). The van der Waals surface area contributed by atoms with Gasteiger partial charge in [-0.15, -0.1) is 0 Å². The van der Waals surface area contributed by atoms with Crippen LogP contribution in [0.15, 0.2) is 18.3 Å². The fourth-order valence-electron chi connectivity index (χ4n) is 2.15. The summed E-state index contributed by atoms with van der Waals surface area (Å²) >= 11 is 0. The molecule has 0 aliphatic heterocycles. The summed E-state index contributed by atoms with van der Waals surface area (Å²) < 4.78 is 0. The molecule has 0 spiro atoms. The number of hydrogen-bond acceptors (Lipinski definition) is 3. The highest BCUT2D eigenvalue weighted by atomic mass is 15.2. The molecule has 1 aliphatic rings. The van der Waals surface area contributed by atoms with E-state index < -0.39 is 0 Å². The minimum atomic E-state index is 0.511. The SMILES string of the molecule is CC(C)NCc1cccnc1N(C)C1CCC1. The lowest BCUT2D eigenvalue weighted by Gasteiger charge is -2.36. The topological polar surface area (TPSA) is 28.2 Å².